The van der Waals surface area contributed by atoms with Crippen LogP contribution in [-0.4, -0.2) is 28.3 Å². The van der Waals surface area contributed by atoms with Crippen molar-refractivity contribution in [2.45, 2.75) is 6.92 Å². The lowest BCUT2D eigenvalue weighted by atomic mass is 10.2. The summed E-state index contributed by atoms with van der Waals surface area (Å²) >= 11 is 0. The van der Waals surface area contributed by atoms with Crippen molar-refractivity contribution in [3.8, 4) is 0 Å². The Balaban J connectivity index is 3.13. The van der Waals surface area contributed by atoms with Crippen molar-refractivity contribution in [1.29, 1.82) is 0 Å². The van der Waals surface area contributed by atoms with Crippen LogP contribution in [0.25, 0.3) is 0 Å². The predicted octanol–water partition coefficient (Wildman–Crippen LogP) is 1.51. The van der Waals surface area contributed by atoms with Crippen LogP contribution in [0.15, 0.2) is 24.3 Å². The molecule has 0 fully saturated rings. The molecule has 0 saturated heterocycles. The molecule has 0 heterocycles. The fourth-order valence-corrected chi connectivity index (χ4v) is 1.78. The molecule has 0 unspecified atom stereocenters. The van der Waals surface area contributed by atoms with Gasteiger partial charge in [-0.3, -0.25) is 4.31 Å². The number of nitrogens with one attached hydrogen (secondary N) is 1. The van der Waals surface area contributed by atoms with Crippen molar-refractivity contribution in [3.63, 3.8) is 0 Å². The summed E-state index contributed by atoms with van der Waals surface area (Å²) in [7, 11) is -1.66. The van der Waals surface area contributed by atoms with E-state index in [-0.39, 0.29) is 0 Å². The summed E-state index contributed by atoms with van der Waals surface area (Å²) < 4.78 is 24.0. The van der Waals surface area contributed by atoms with Gasteiger partial charge in [-0.25, -0.2) is 8.42 Å². The van der Waals surface area contributed by atoms with Crippen molar-refractivity contribution < 1.29 is 8.42 Å². The van der Waals surface area contributed by atoms with E-state index in [0.29, 0.717) is 5.69 Å². The highest BCUT2D eigenvalue weighted by Crippen LogP contribution is 2.25. The molecule has 1 aromatic carbocycles. The Morgan fingerprint density at radius 2 is 1.93 bits per heavy atom. The Hall–Kier alpha value is -1.23. The summed E-state index contributed by atoms with van der Waals surface area (Å²) in [6, 6.07) is 7.33. The lowest BCUT2D eigenvalue weighted by Crippen LogP contribution is -2.25. The van der Waals surface area contributed by atoms with Crippen molar-refractivity contribution in [2.75, 3.05) is 29.5 Å². The number of benzene rings is 1. The molecule has 0 aliphatic heterocycles. The Labute approximate surface area is 91.0 Å². The van der Waals surface area contributed by atoms with Gasteiger partial charge in [-0.1, -0.05) is 12.1 Å². The van der Waals surface area contributed by atoms with Crippen LogP contribution in [0.4, 0.5) is 11.4 Å². The standard InChI is InChI=1S/C10H16N2O2S/c1-4-11-9-7-5-6-8-10(9)12(2)15(3,13)14/h5-8,11H,4H2,1-3H3. The number of hydrogen-bond donors (Lipinski definition) is 1. The normalized spacial score (nSPS) is 11.1. The number of sulfonamides is 1. The minimum atomic E-state index is -3.20. The van der Waals surface area contributed by atoms with Crippen LogP contribution in [0.3, 0.4) is 0 Å². The summed E-state index contributed by atoms with van der Waals surface area (Å²) in [4.78, 5) is 0. The van der Waals surface area contributed by atoms with E-state index < -0.39 is 10.0 Å². The Kier molecular flexibility index (Phi) is 3.57. The number of rotatable bonds is 4. The predicted molar refractivity (Wildman–Crippen MR) is 63.9 cm³/mol. The molecule has 15 heavy (non-hydrogen) atoms. The highest BCUT2D eigenvalue weighted by atomic mass is 32.2. The van der Waals surface area contributed by atoms with Crippen LogP contribution in [0.2, 0.25) is 0 Å². The number of hydrogen-bond acceptors (Lipinski definition) is 3. The lowest BCUT2D eigenvalue weighted by Gasteiger charge is -2.20. The number of para-hydroxylation sites is 2. The van der Waals surface area contributed by atoms with Crippen molar-refractivity contribution in [2.24, 2.45) is 0 Å². The van der Waals surface area contributed by atoms with E-state index in [2.05, 4.69) is 5.32 Å². The third kappa shape index (κ3) is 2.86. The highest BCUT2D eigenvalue weighted by molar-refractivity contribution is 7.92. The van der Waals surface area contributed by atoms with Gasteiger partial charge in [-0.15, -0.1) is 0 Å². The van der Waals surface area contributed by atoms with E-state index in [4.69, 9.17) is 0 Å². The second-order valence-electron chi connectivity index (χ2n) is 3.28. The monoisotopic (exact) mass is 228 g/mol. The Bertz CT molecular complexity index is 429. The van der Waals surface area contributed by atoms with Crippen LogP contribution in [0, 0.1) is 0 Å². The maximum absolute atomic E-state index is 11.4. The van der Waals surface area contributed by atoms with E-state index in [1.54, 1.807) is 13.1 Å². The summed E-state index contributed by atoms with van der Waals surface area (Å²) in [5.41, 5.74) is 1.50. The fourth-order valence-electron chi connectivity index (χ4n) is 1.27. The molecule has 0 aliphatic rings. The maximum atomic E-state index is 11.4. The van der Waals surface area contributed by atoms with Crippen LogP contribution < -0.4 is 9.62 Å². The van der Waals surface area contributed by atoms with E-state index in [1.807, 2.05) is 25.1 Å². The van der Waals surface area contributed by atoms with Gasteiger partial charge in [0.2, 0.25) is 10.0 Å². The minimum absolute atomic E-state index is 0.668. The molecular weight excluding hydrogens is 212 g/mol. The fraction of sp³-hybridized carbons (Fsp3) is 0.400. The zero-order chi connectivity index (χ0) is 11.5. The second kappa shape index (κ2) is 4.53. The van der Waals surface area contributed by atoms with Gasteiger partial charge in [0.05, 0.1) is 17.6 Å². The van der Waals surface area contributed by atoms with Gasteiger partial charge in [0.1, 0.15) is 0 Å². The van der Waals surface area contributed by atoms with Gasteiger partial charge < -0.3 is 5.32 Å². The third-order valence-electron chi connectivity index (χ3n) is 2.11. The summed E-state index contributed by atoms with van der Waals surface area (Å²) in [6.07, 6.45) is 1.19. The zero-order valence-electron chi connectivity index (χ0n) is 9.19. The third-order valence-corrected chi connectivity index (χ3v) is 3.30. The molecule has 0 atom stereocenters. The average molecular weight is 228 g/mol. The van der Waals surface area contributed by atoms with Gasteiger partial charge in [-0.2, -0.15) is 0 Å². The average Bonchev–Trinajstić information content (AvgIpc) is 2.17. The first kappa shape index (κ1) is 11.8. The second-order valence-corrected chi connectivity index (χ2v) is 5.29. The molecule has 0 saturated carbocycles. The van der Waals surface area contributed by atoms with Crippen LogP contribution in [-0.2, 0) is 10.0 Å². The van der Waals surface area contributed by atoms with Gasteiger partial charge in [0.25, 0.3) is 0 Å². The molecule has 1 rings (SSSR count). The SMILES string of the molecule is CCNc1ccccc1N(C)S(C)(=O)=O. The quantitative estimate of drug-likeness (QED) is 0.850. The lowest BCUT2D eigenvalue weighted by molar-refractivity contribution is 0.600. The van der Waals surface area contributed by atoms with Gasteiger partial charge in [0, 0.05) is 13.6 Å². The van der Waals surface area contributed by atoms with Crippen molar-refractivity contribution in [1.82, 2.24) is 0 Å². The zero-order valence-corrected chi connectivity index (χ0v) is 10.0. The smallest absolute Gasteiger partial charge is 0.232 e. The van der Waals surface area contributed by atoms with E-state index in [1.165, 1.54) is 10.6 Å². The first-order valence-electron chi connectivity index (χ1n) is 4.73. The number of nitrogens with zero attached hydrogens (tertiary/aromatic N) is 1. The van der Waals surface area contributed by atoms with E-state index >= 15 is 0 Å². The maximum Gasteiger partial charge on any atom is 0.232 e. The molecule has 0 amide bonds. The first-order chi connectivity index (χ1) is 6.96. The van der Waals surface area contributed by atoms with Crippen LogP contribution in [0.1, 0.15) is 6.92 Å². The van der Waals surface area contributed by atoms with Crippen molar-refractivity contribution >= 4 is 21.4 Å². The summed E-state index contributed by atoms with van der Waals surface area (Å²) in [6.45, 7) is 2.73. The Morgan fingerprint density at radius 1 is 1.33 bits per heavy atom. The van der Waals surface area contributed by atoms with E-state index in [9.17, 15) is 8.42 Å². The van der Waals surface area contributed by atoms with Gasteiger partial charge in [-0.05, 0) is 19.1 Å². The summed E-state index contributed by atoms with van der Waals surface area (Å²) in [5.74, 6) is 0. The molecule has 0 spiro atoms. The molecule has 1 aromatic rings. The van der Waals surface area contributed by atoms with Gasteiger partial charge in [0.15, 0.2) is 0 Å². The van der Waals surface area contributed by atoms with Crippen molar-refractivity contribution in [3.05, 3.63) is 24.3 Å². The summed E-state index contributed by atoms with van der Waals surface area (Å²) in [5, 5.41) is 3.12. The minimum Gasteiger partial charge on any atom is -0.384 e. The molecular formula is C10H16N2O2S. The molecule has 4 nitrogen and oxygen atoms in total. The topological polar surface area (TPSA) is 49.4 Å². The number of anilines is 2. The van der Waals surface area contributed by atoms with E-state index in [0.717, 1.165) is 12.2 Å². The van der Waals surface area contributed by atoms with Gasteiger partial charge >= 0.3 is 0 Å². The Morgan fingerprint density at radius 3 is 2.47 bits per heavy atom. The molecule has 0 radical (unpaired) electrons. The first-order valence-corrected chi connectivity index (χ1v) is 6.58. The molecule has 0 bridgehead atoms. The molecule has 0 aliphatic carbocycles. The van der Waals surface area contributed by atoms with Crippen LogP contribution in [0.5, 0.6) is 0 Å². The molecule has 5 heteroatoms. The largest absolute Gasteiger partial charge is 0.384 e. The highest BCUT2D eigenvalue weighted by Gasteiger charge is 2.14. The molecule has 0 aromatic heterocycles. The van der Waals surface area contributed by atoms with Crippen LogP contribution >= 0.6 is 0 Å². The molecule has 84 valence electrons. The molecule has 1 N–H and O–H groups in total.